The van der Waals surface area contributed by atoms with Crippen molar-refractivity contribution in [3.05, 3.63) is 65.5 Å². The normalized spacial score (nSPS) is 37.8. The van der Waals surface area contributed by atoms with E-state index in [-0.39, 0.29) is 36.5 Å². The minimum atomic E-state index is -1.60. The number of aromatic hydroxyl groups is 1. The molecule has 2 aliphatic carbocycles. The van der Waals surface area contributed by atoms with Crippen molar-refractivity contribution in [1.82, 2.24) is 0 Å². The smallest absolute Gasteiger partial charge is 0.334 e. The average molecular weight is 573 g/mol. The number of aliphatic hydroxyl groups excluding tert-OH is 5. The van der Waals surface area contributed by atoms with Gasteiger partial charge in [0.15, 0.2) is 5.78 Å². The standard InChI is InChI=1S/C30H36O11/c1-12-8-18(24(34)19(33)9-15-4-6-16(32)7-5-15)23-14(3)29(38)41-28(23)22-13(2)20(10-17(12)22)39-30-27(37)26(36)25(35)21(11-31)40-30/h4-7,17-19,21-23,25-28,30-33,35-37H,1,3,8-11H2,2H3/t17-,18+,19?,21+,22-,23-,25+,26-,27+,28+,30+/m0/s1. The number of phenols is 1. The van der Waals surface area contributed by atoms with Gasteiger partial charge in [0.1, 0.15) is 42.4 Å². The number of aliphatic hydroxyl groups is 5. The molecule has 2 saturated heterocycles. The lowest BCUT2D eigenvalue weighted by Gasteiger charge is -2.40. The van der Waals surface area contributed by atoms with Crippen molar-refractivity contribution in [2.75, 3.05) is 6.61 Å². The van der Waals surface area contributed by atoms with Gasteiger partial charge in [0.25, 0.3) is 0 Å². The fourth-order valence-corrected chi connectivity index (χ4v) is 6.71. The summed E-state index contributed by atoms with van der Waals surface area (Å²) in [6.45, 7) is 9.36. The van der Waals surface area contributed by atoms with Crippen LogP contribution < -0.4 is 0 Å². The van der Waals surface area contributed by atoms with Crippen molar-refractivity contribution in [2.45, 2.75) is 69.1 Å². The molecule has 0 amide bonds. The Morgan fingerprint density at radius 2 is 1.76 bits per heavy atom. The first-order valence-corrected chi connectivity index (χ1v) is 13.7. The van der Waals surface area contributed by atoms with Crippen LogP contribution in [0.25, 0.3) is 0 Å². The maximum atomic E-state index is 13.6. The predicted molar refractivity (Wildman–Crippen MR) is 142 cm³/mol. The molecule has 1 aromatic rings. The van der Waals surface area contributed by atoms with Gasteiger partial charge in [-0.05, 0) is 42.5 Å². The van der Waals surface area contributed by atoms with Crippen LogP contribution >= 0.6 is 0 Å². The van der Waals surface area contributed by atoms with Gasteiger partial charge in [0.05, 0.1) is 12.4 Å². The Bertz CT molecular complexity index is 1250. The number of Topliss-reactive ketones (excluding diaryl/α,β-unsaturated/α-hetero) is 1. The third kappa shape index (κ3) is 5.22. The Balaban J connectivity index is 1.40. The predicted octanol–water partition coefficient (Wildman–Crippen LogP) is 0.265. The van der Waals surface area contributed by atoms with E-state index in [1.807, 2.05) is 0 Å². The summed E-state index contributed by atoms with van der Waals surface area (Å²) in [6.07, 6.45) is -8.85. The maximum absolute atomic E-state index is 13.6. The van der Waals surface area contributed by atoms with Crippen LogP contribution in [0.5, 0.6) is 5.75 Å². The van der Waals surface area contributed by atoms with E-state index in [2.05, 4.69) is 13.2 Å². The molecule has 41 heavy (non-hydrogen) atoms. The third-order valence-electron chi connectivity index (χ3n) is 9.00. The molecule has 2 heterocycles. The molecule has 11 atom stereocenters. The molecule has 0 bridgehead atoms. The van der Waals surface area contributed by atoms with Gasteiger partial charge in [0.2, 0.25) is 6.29 Å². The second-order valence-electron chi connectivity index (χ2n) is 11.4. The number of hydrogen-bond donors (Lipinski definition) is 6. The van der Waals surface area contributed by atoms with E-state index in [0.29, 0.717) is 22.5 Å². The van der Waals surface area contributed by atoms with Gasteiger partial charge in [-0.15, -0.1) is 0 Å². The molecule has 3 fully saturated rings. The molecule has 6 N–H and O–H groups in total. The first kappa shape index (κ1) is 29.4. The fourth-order valence-electron chi connectivity index (χ4n) is 6.71. The van der Waals surface area contributed by atoms with Gasteiger partial charge in [-0.2, -0.15) is 0 Å². The Kier molecular flexibility index (Phi) is 8.12. The number of hydrogen-bond acceptors (Lipinski definition) is 11. The summed E-state index contributed by atoms with van der Waals surface area (Å²) >= 11 is 0. The lowest BCUT2D eigenvalue weighted by molar-refractivity contribution is -0.292. The topological polar surface area (TPSA) is 183 Å². The molecular weight excluding hydrogens is 536 g/mol. The SMILES string of the molecule is C=C1C(=O)O[C@@H]2[C@H]3C(C)=C(O[C@@H]4O[C@H](CO)[C@@H](O)[C@H](O)[C@H]4O)C[C@H]3C(=C)C[C@@H](C(=O)C(O)Cc3ccc(O)cc3)[C@H]12. The zero-order valence-electron chi connectivity index (χ0n) is 22.6. The average Bonchev–Trinajstić information content (AvgIpc) is 3.38. The second kappa shape index (κ2) is 11.3. The molecule has 222 valence electrons. The van der Waals surface area contributed by atoms with Crippen LogP contribution in [0.3, 0.4) is 0 Å². The zero-order valence-corrected chi connectivity index (χ0v) is 22.6. The molecule has 4 aliphatic rings. The highest BCUT2D eigenvalue weighted by molar-refractivity contribution is 5.94. The van der Waals surface area contributed by atoms with E-state index in [0.717, 1.165) is 0 Å². The van der Waals surface area contributed by atoms with Crippen molar-refractivity contribution in [2.24, 2.45) is 23.7 Å². The Morgan fingerprint density at radius 1 is 1.07 bits per heavy atom. The summed E-state index contributed by atoms with van der Waals surface area (Å²) in [5.41, 5.74) is 2.20. The van der Waals surface area contributed by atoms with Gasteiger partial charge in [-0.25, -0.2) is 4.79 Å². The Labute approximate surface area is 237 Å². The number of rotatable bonds is 7. The quantitative estimate of drug-likeness (QED) is 0.150. The molecule has 0 spiro atoms. The van der Waals surface area contributed by atoms with Crippen molar-refractivity contribution in [1.29, 1.82) is 0 Å². The summed E-state index contributed by atoms with van der Waals surface area (Å²) in [7, 11) is 0. The maximum Gasteiger partial charge on any atom is 0.334 e. The zero-order chi connectivity index (χ0) is 29.7. The van der Waals surface area contributed by atoms with E-state index in [1.165, 1.54) is 12.1 Å². The van der Waals surface area contributed by atoms with Gasteiger partial charge in [0, 0.05) is 36.2 Å². The number of ketones is 1. The summed E-state index contributed by atoms with van der Waals surface area (Å²) in [5, 5.41) is 60.7. The van der Waals surface area contributed by atoms with Crippen LogP contribution in [-0.2, 0) is 30.2 Å². The third-order valence-corrected chi connectivity index (χ3v) is 9.00. The molecule has 0 radical (unpaired) electrons. The largest absolute Gasteiger partial charge is 0.508 e. The number of carbonyl (C=O) groups is 2. The number of carbonyl (C=O) groups excluding carboxylic acids is 2. The number of benzene rings is 1. The highest BCUT2D eigenvalue weighted by Crippen LogP contribution is 2.54. The summed E-state index contributed by atoms with van der Waals surface area (Å²) in [4.78, 5) is 26.4. The summed E-state index contributed by atoms with van der Waals surface area (Å²) in [6, 6.07) is 6.19. The Morgan fingerprint density at radius 3 is 2.41 bits per heavy atom. The van der Waals surface area contributed by atoms with Crippen LogP contribution in [0.15, 0.2) is 59.9 Å². The first-order valence-electron chi connectivity index (χ1n) is 13.7. The first-order chi connectivity index (χ1) is 19.4. The number of fused-ring (bicyclic) bond motifs is 3. The monoisotopic (exact) mass is 572 g/mol. The molecule has 11 nitrogen and oxygen atoms in total. The number of allylic oxidation sites excluding steroid dienone is 2. The Hall–Kier alpha value is -3.06. The minimum absolute atomic E-state index is 0.0314. The van der Waals surface area contributed by atoms with Crippen molar-refractivity contribution < 1.29 is 54.4 Å². The van der Waals surface area contributed by atoms with Gasteiger partial charge in [-0.1, -0.05) is 30.9 Å². The van der Waals surface area contributed by atoms with E-state index < -0.39 is 79.0 Å². The molecule has 2 aliphatic heterocycles. The van der Waals surface area contributed by atoms with E-state index >= 15 is 0 Å². The number of esters is 1. The molecule has 1 unspecified atom stereocenters. The molecule has 11 heteroatoms. The van der Waals surface area contributed by atoms with Gasteiger partial charge in [-0.3, -0.25) is 4.79 Å². The highest BCUT2D eigenvalue weighted by Gasteiger charge is 2.57. The van der Waals surface area contributed by atoms with E-state index in [9.17, 15) is 40.2 Å². The van der Waals surface area contributed by atoms with E-state index in [1.54, 1.807) is 19.1 Å². The molecular formula is C30H36O11. The number of ether oxygens (including phenoxy) is 3. The van der Waals surface area contributed by atoms with Gasteiger partial charge >= 0.3 is 5.97 Å². The molecule has 1 aromatic carbocycles. The second-order valence-corrected chi connectivity index (χ2v) is 11.4. The molecule has 0 aromatic heterocycles. The van der Waals surface area contributed by atoms with Gasteiger partial charge < -0.3 is 44.8 Å². The van der Waals surface area contributed by atoms with E-state index in [4.69, 9.17) is 14.2 Å². The van der Waals surface area contributed by atoms with Crippen LogP contribution in [0.2, 0.25) is 0 Å². The fraction of sp³-hybridized carbons (Fsp3) is 0.533. The summed E-state index contributed by atoms with van der Waals surface area (Å²) in [5.74, 6) is -2.81. The van der Waals surface area contributed by atoms with Crippen LogP contribution in [-0.4, -0.2) is 91.9 Å². The lowest BCUT2D eigenvalue weighted by Crippen LogP contribution is -2.59. The molecule has 5 rings (SSSR count). The van der Waals surface area contributed by atoms with Crippen molar-refractivity contribution in [3.63, 3.8) is 0 Å². The van der Waals surface area contributed by atoms with Crippen LogP contribution in [0.4, 0.5) is 0 Å². The van der Waals surface area contributed by atoms with Crippen molar-refractivity contribution in [3.8, 4) is 5.75 Å². The summed E-state index contributed by atoms with van der Waals surface area (Å²) < 4.78 is 17.3. The molecule has 1 saturated carbocycles. The number of phenolic OH excluding ortho intramolecular Hbond substituents is 1. The van der Waals surface area contributed by atoms with Crippen LogP contribution in [0, 0.1) is 23.7 Å². The minimum Gasteiger partial charge on any atom is -0.508 e. The lowest BCUT2D eigenvalue weighted by atomic mass is 9.75. The van der Waals surface area contributed by atoms with Crippen molar-refractivity contribution >= 4 is 11.8 Å². The van der Waals surface area contributed by atoms with Crippen LogP contribution in [0.1, 0.15) is 25.3 Å². The highest BCUT2D eigenvalue weighted by atomic mass is 16.7.